The van der Waals surface area contributed by atoms with Crippen LogP contribution in [0.4, 0.5) is 0 Å². The molecule has 0 saturated heterocycles. The van der Waals surface area contributed by atoms with Crippen LogP contribution in [-0.2, 0) is 65.6 Å². The van der Waals surface area contributed by atoms with Gasteiger partial charge in [-0.05, 0) is 48.4 Å². The predicted molar refractivity (Wildman–Crippen MR) is 246 cm³/mol. The lowest BCUT2D eigenvalue weighted by Gasteiger charge is -2.27. The van der Waals surface area contributed by atoms with E-state index < -0.39 is 145 Å². The first-order valence-corrected chi connectivity index (χ1v) is 22.1. The van der Waals surface area contributed by atoms with Crippen LogP contribution < -0.4 is 48.3 Å². The van der Waals surface area contributed by atoms with Crippen molar-refractivity contribution >= 4 is 65.2 Å². The number of aromatic hydroxyl groups is 1. The zero-order chi connectivity index (χ0) is 52.8. The number of hydrogen-bond donors (Lipinski definition) is 14. The number of phenolic OH excluding ortho intramolecular Hbond substituents is 1. The van der Waals surface area contributed by atoms with Crippen LogP contribution in [0.2, 0.25) is 0 Å². The Morgan fingerprint density at radius 3 is 1.51 bits per heavy atom. The fourth-order valence-electron chi connectivity index (χ4n) is 6.50. The van der Waals surface area contributed by atoms with Gasteiger partial charge in [-0.2, -0.15) is 0 Å². The van der Waals surface area contributed by atoms with Gasteiger partial charge in [-0.1, -0.05) is 70.2 Å². The minimum atomic E-state index is -1.82. The van der Waals surface area contributed by atoms with Gasteiger partial charge < -0.3 is 73.8 Å². The van der Waals surface area contributed by atoms with Crippen molar-refractivity contribution in [3.05, 3.63) is 65.7 Å². The van der Waals surface area contributed by atoms with Gasteiger partial charge >= 0.3 is 17.9 Å². The first-order chi connectivity index (χ1) is 32.8. The van der Waals surface area contributed by atoms with Crippen LogP contribution in [0.15, 0.2) is 54.6 Å². The SMILES string of the molecule is CC(C)C[C@H](NC(=O)[C@@H](N)CC(=O)O)C(=O)NCC(=O)N[C@@H](CC(=O)O)C(=O)N[C@@H](C)C(=O)N[C@@H](Cc1ccc(O)cc1)C(=O)N[C@@H](Cc1ccccc1)C(=O)N[C@@H](CO)C(=O)N[C@H](C(=O)O)C(C)C. The Morgan fingerprint density at radius 1 is 0.529 bits per heavy atom. The molecule has 0 unspecified atom stereocenters. The average Bonchev–Trinajstić information content (AvgIpc) is 3.28. The van der Waals surface area contributed by atoms with Gasteiger partial charge in [-0.3, -0.25) is 47.9 Å². The number of nitrogens with two attached hydrogens (primary N) is 1. The molecule has 2 aromatic carbocycles. The van der Waals surface area contributed by atoms with Gasteiger partial charge in [0.15, 0.2) is 0 Å². The zero-order valence-electron chi connectivity index (χ0n) is 39.2. The molecule has 0 aliphatic carbocycles. The summed E-state index contributed by atoms with van der Waals surface area (Å²) in [5.74, 6) is -13.2. The van der Waals surface area contributed by atoms with E-state index in [0.717, 1.165) is 0 Å². The van der Waals surface area contributed by atoms with Gasteiger partial charge in [0.2, 0.25) is 47.3 Å². The first kappa shape index (κ1) is 58.5. The Labute approximate surface area is 402 Å². The smallest absolute Gasteiger partial charge is 0.326 e. The van der Waals surface area contributed by atoms with E-state index in [1.165, 1.54) is 45.0 Å². The number of phenols is 1. The molecule has 2 aromatic rings. The second kappa shape index (κ2) is 28.6. The molecule has 0 fully saturated rings. The molecular formula is C45H63N9O16. The van der Waals surface area contributed by atoms with Crippen LogP contribution in [0, 0.1) is 11.8 Å². The summed E-state index contributed by atoms with van der Waals surface area (Å²) in [4.78, 5) is 141. The molecule has 25 nitrogen and oxygen atoms in total. The third-order valence-electron chi connectivity index (χ3n) is 10.2. The fraction of sp³-hybridized carbons (Fsp3) is 0.489. The van der Waals surface area contributed by atoms with Crippen molar-refractivity contribution in [3.8, 4) is 5.75 Å². The lowest BCUT2D eigenvalue weighted by Crippen LogP contribution is -2.60. The van der Waals surface area contributed by atoms with E-state index in [9.17, 15) is 73.2 Å². The number of aliphatic hydroxyl groups excluding tert-OH is 1. The third kappa shape index (κ3) is 20.7. The molecular weight excluding hydrogens is 923 g/mol. The summed E-state index contributed by atoms with van der Waals surface area (Å²) in [6, 6.07) is 1.62. The Kier molecular flexibility index (Phi) is 23.9. The maximum Gasteiger partial charge on any atom is 0.326 e. The van der Waals surface area contributed by atoms with Gasteiger partial charge in [-0.15, -0.1) is 0 Å². The number of hydrogen-bond acceptors (Lipinski definition) is 14. The van der Waals surface area contributed by atoms with Crippen molar-refractivity contribution < 1.29 is 78.3 Å². The van der Waals surface area contributed by atoms with Gasteiger partial charge in [0.1, 0.15) is 48.0 Å². The van der Waals surface area contributed by atoms with Gasteiger partial charge in [-0.25, -0.2) is 4.79 Å². The van der Waals surface area contributed by atoms with E-state index in [0.29, 0.717) is 11.1 Å². The van der Waals surface area contributed by atoms with E-state index >= 15 is 0 Å². The summed E-state index contributed by atoms with van der Waals surface area (Å²) in [5.41, 5.74) is 6.52. The molecule has 0 spiro atoms. The molecule has 0 heterocycles. The molecule has 0 radical (unpaired) electrons. The summed E-state index contributed by atoms with van der Waals surface area (Å²) in [7, 11) is 0. The minimum Gasteiger partial charge on any atom is -0.508 e. The summed E-state index contributed by atoms with van der Waals surface area (Å²) >= 11 is 0. The number of aliphatic carboxylic acids is 3. The van der Waals surface area contributed by atoms with Gasteiger partial charge in [0.25, 0.3) is 0 Å². The molecule has 0 aliphatic heterocycles. The van der Waals surface area contributed by atoms with Crippen molar-refractivity contribution in [2.75, 3.05) is 13.2 Å². The van der Waals surface area contributed by atoms with Crippen LogP contribution in [0.25, 0.3) is 0 Å². The quantitative estimate of drug-likeness (QED) is 0.0381. The second-order valence-corrected chi connectivity index (χ2v) is 17.1. The Balaban J connectivity index is 2.30. The van der Waals surface area contributed by atoms with Crippen molar-refractivity contribution in [1.82, 2.24) is 42.5 Å². The minimum absolute atomic E-state index is 0.0474. The highest BCUT2D eigenvalue weighted by molar-refractivity contribution is 5.98. The van der Waals surface area contributed by atoms with Gasteiger partial charge in [0, 0.05) is 12.8 Å². The number of carbonyl (C=O) groups excluding carboxylic acids is 8. The molecule has 8 atom stereocenters. The maximum absolute atomic E-state index is 14.1. The molecule has 8 amide bonds. The molecule has 25 heteroatoms. The highest BCUT2D eigenvalue weighted by Crippen LogP contribution is 2.13. The molecule has 0 bridgehead atoms. The topological polar surface area (TPSA) is 411 Å². The van der Waals surface area contributed by atoms with Crippen molar-refractivity contribution in [2.24, 2.45) is 17.6 Å². The fourth-order valence-corrected chi connectivity index (χ4v) is 6.50. The molecule has 2 rings (SSSR count). The summed E-state index contributed by atoms with van der Waals surface area (Å²) in [5, 5.41) is 66.6. The molecule has 0 aliphatic rings. The summed E-state index contributed by atoms with van der Waals surface area (Å²) < 4.78 is 0. The number of nitrogens with one attached hydrogen (secondary N) is 8. The molecule has 384 valence electrons. The Bertz CT molecular complexity index is 2170. The average molecular weight is 986 g/mol. The number of benzene rings is 2. The largest absolute Gasteiger partial charge is 0.508 e. The molecule has 0 saturated carbocycles. The normalized spacial score (nSPS) is 14.4. The van der Waals surface area contributed by atoms with Crippen LogP contribution in [-0.4, -0.2) is 152 Å². The summed E-state index contributed by atoms with van der Waals surface area (Å²) in [6.07, 6.45) is -2.13. The number of amides is 8. The first-order valence-electron chi connectivity index (χ1n) is 22.1. The molecule has 70 heavy (non-hydrogen) atoms. The van der Waals surface area contributed by atoms with E-state index in [2.05, 4.69) is 42.5 Å². The highest BCUT2D eigenvalue weighted by Gasteiger charge is 2.34. The van der Waals surface area contributed by atoms with Gasteiger partial charge in [0.05, 0.1) is 32.0 Å². The van der Waals surface area contributed by atoms with Crippen LogP contribution >= 0.6 is 0 Å². The van der Waals surface area contributed by atoms with E-state index in [1.54, 1.807) is 44.2 Å². The van der Waals surface area contributed by atoms with Crippen molar-refractivity contribution in [2.45, 2.75) is 115 Å². The maximum atomic E-state index is 14.1. The van der Waals surface area contributed by atoms with Crippen LogP contribution in [0.3, 0.4) is 0 Å². The second-order valence-electron chi connectivity index (χ2n) is 17.1. The van der Waals surface area contributed by atoms with Crippen molar-refractivity contribution in [1.29, 1.82) is 0 Å². The number of carboxylic acid groups (broad SMARTS) is 3. The van der Waals surface area contributed by atoms with E-state index in [1.807, 2.05) is 0 Å². The number of carboxylic acids is 3. The number of aliphatic hydroxyl groups is 1. The lowest BCUT2D eigenvalue weighted by molar-refractivity contribution is -0.144. The molecule has 15 N–H and O–H groups in total. The molecule has 0 aromatic heterocycles. The lowest BCUT2D eigenvalue weighted by atomic mass is 10.0. The Morgan fingerprint density at radius 2 is 1.01 bits per heavy atom. The van der Waals surface area contributed by atoms with E-state index in [-0.39, 0.29) is 30.9 Å². The number of rotatable bonds is 29. The number of carbonyl (C=O) groups is 11. The van der Waals surface area contributed by atoms with Crippen LogP contribution in [0.5, 0.6) is 5.75 Å². The standard InChI is InChI=1S/C45H63N9O16/c1-22(2)15-29(51-39(63)28(46)18-35(58)59)40(64)47-20-34(57)49-32(19-36(60)61)41(65)48-24(5)38(62)50-30(17-26-11-13-27(56)14-12-26)42(66)52-31(16-25-9-7-6-8-10-25)43(67)53-33(21-55)44(68)54-37(23(3)4)45(69)70/h6-14,22-24,28-33,37,55-56H,15-21,46H2,1-5H3,(H,47,64)(H,48,65)(H,49,57)(H,50,62)(H,51,63)(H,52,66)(H,53,67)(H,54,68)(H,58,59)(H,60,61)(H,69,70)/t24-,28-,29-,30-,31-,32-,33-,37-/m0/s1. The zero-order valence-corrected chi connectivity index (χ0v) is 39.2. The highest BCUT2D eigenvalue weighted by atomic mass is 16.4. The van der Waals surface area contributed by atoms with E-state index in [4.69, 9.17) is 10.8 Å². The van der Waals surface area contributed by atoms with Crippen molar-refractivity contribution in [3.63, 3.8) is 0 Å². The monoisotopic (exact) mass is 985 g/mol. The third-order valence-corrected chi connectivity index (χ3v) is 10.2. The Hall–Kier alpha value is -7.67. The van der Waals surface area contributed by atoms with Crippen LogP contribution in [0.1, 0.15) is 65.0 Å². The predicted octanol–water partition coefficient (Wildman–Crippen LogP) is -3.24. The summed E-state index contributed by atoms with van der Waals surface area (Å²) in [6.45, 7) is 5.90.